The second-order valence-electron chi connectivity index (χ2n) is 9.44. The van der Waals surface area contributed by atoms with Crippen LogP contribution in [0.3, 0.4) is 0 Å². The fraction of sp³-hybridized carbons (Fsp3) is 0.478. The summed E-state index contributed by atoms with van der Waals surface area (Å²) >= 11 is 0. The number of benzene rings is 2. The lowest BCUT2D eigenvalue weighted by Gasteiger charge is -2.32. The largest absolute Gasteiger partial charge is 0.492 e. The lowest BCUT2D eigenvalue weighted by atomic mass is 9.75. The van der Waals surface area contributed by atoms with Gasteiger partial charge in [0.15, 0.2) is 8.32 Å². The summed E-state index contributed by atoms with van der Waals surface area (Å²) in [6.45, 7) is 15.0. The SMILES string of the molecule is Cc1ccccc1[C@@H](O[Si](C)(C)Cc1ccccc1)B1OC(C)(C)C(C)(C)O1. The quantitative estimate of drug-likeness (QED) is 0.589. The van der Waals surface area contributed by atoms with Crippen LogP contribution >= 0.6 is 0 Å². The average Bonchev–Trinajstić information content (AvgIpc) is 2.81. The van der Waals surface area contributed by atoms with Crippen molar-refractivity contribution in [3.05, 3.63) is 71.3 Å². The van der Waals surface area contributed by atoms with E-state index in [4.69, 9.17) is 13.7 Å². The molecule has 3 rings (SSSR count). The number of hydrogen-bond donors (Lipinski definition) is 0. The first-order valence-corrected chi connectivity index (χ1v) is 13.3. The van der Waals surface area contributed by atoms with Crippen LogP contribution in [0.4, 0.5) is 0 Å². The summed E-state index contributed by atoms with van der Waals surface area (Å²) in [6, 6.07) is 19.7. The number of rotatable bonds is 6. The van der Waals surface area contributed by atoms with Crippen LogP contribution in [0.15, 0.2) is 54.6 Å². The normalized spacial score (nSPS) is 19.6. The molecule has 0 aromatic heterocycles. The monoisotopic (exact) mass is 396 g/mol. The summed E-state index contributed by atoms with van der Waals surface area (Å²) in [5, 5.41) is 0. The lowest BCUT2D eigenvalue weighted by molar-refractivity contribution is 0.00578. The van der Waals surface area contributed by atoms with Crippen molar-refractivity contribution in [2.24, 2.45) is 0 Å². The fourth-order valence-electron chi connectivity index (χ4n) is 3.66. The van der Waals surface area contributed by atoms with Gasteiger partial charge in [0.2, 0.25) is 0 Å². The summed E-state index contributed by atoms with van der Waals surface area (Å²) in [4.78, 5) is 0. The molecule has 0 unspecified atom stereocenters. The van der Waals surface area contributed by atoms with Crippen LogP contribution in [-0.2, 0) is 19.8 Å². The molecule has 1 fully saturated rings. The predicted molar refractivity (Wildman–Crippen MR) is 119 cm³/mol. The zero-order valence-electron chi connectivity index (χ0n) is 18.3. The third-order valence-corrected chi connectivity index (χ3v) is 8.08. The molecule has 1 heterocycles. The van der Waals surface area contributed by atoms with E-state index in [0.717, 1.165) is 11.6 Å². The van der Waals surface area contributed by atoms with Gasteiger partial charge in [-0.2, -0.15) is 0 Å². The van der Waals surface area contributed by atoms with Gasteiger partial charge in [0.05, 0.1) is 11.2 Å². The Balaban J connectivity index is 1.90. The predicted octanol–water partition coefficient (Wildman–Crippen LogP) is 5.67. The lowest BCUT2D eigenvalue weighted by Crippen LogP contribution is -2.42. The van der Waals surface area contributed by atoms with E-state index in [-0.39, 0.29) is 17.2 Å². The minimum absolute atomic E-state index is 0.243. The minimum Gasteiger partial charge on any atom is -0.411 e. The van der Waals surface area contributed by atoms with E-state index in [1.54, 1.807) is 0 Å². The first kappa shape index (κ1) is 21.3. The van der Waals surface area contributed by atoms with E-state index in [0.29, 0.717) is 0 Å². The Hall–Kier alpha value is -1.40. The highest BCUT2D eigenvalue weighted by molar-refractivity contribution is 6.71. The minimum atomic E-state index is -2.03. The molecular weight excluding hydrogens is 363 g/mol. The van der Waals surface area contributed by atoms with Gasteiger partial charge in [0.1, 0.15) is 6.00 Å². The van der Waals surface area contributed by atoms with Crippen molar-refractivity contribution in [2.45, 2.75) is 71.0 Å². The molecule has 28 heavy (non-hydrogen) atoms. The van der Waals surface area contributed by atoms with Crippen molar-refractivity contribution in [2.75, 3.05) is 0 Å². The van der Waals surface area contributed by atoms with Crippen molar-refractivity contribution in [3.63, 3.8) is 0 Å². The van der Waals surface area contributed by atoms with Crippen molar-refractivity contribution >= 4 is 15.4 Å². The van der Waals surface area contributed by atoms with E-state index >= 15 is 0 Å². The van der Waals surface area contributed by atoms with Crippen LogP contribution in [0.25, 0.3) is 0 Å². The maximum Gasteiger partial charge on any atom is 0.492 e. The molecule has 0 aliphatic carbocycles. The van der Waals surface area contributed by atoms with Gasteiger partial charge in [-0.1, -0.05) is 54.6 Å². The van der Waals surface area contributed by atoms with Crippen LogP contribution < -0.4 is 0 Å². The second-order valence-corrected chi connectivity index (χ2v) is 13.6. The topological polar surface area (TPSA) is 27.7 Å². The summed E-state index contributed by atoms with van der Waals surface area (Å²) < 4.78 is 19.7. The summed E-state index contributed by atoms with van der Waals surface area (Å²) in [6.07, 6.45) is 0. The third-order valence-electron chi connectivity index (χ3n) is 5.93. The molecule has 0 N–H and O–H groups in total. The van der Waals surface area contributed by atoms with Gasteiger partial charge in [-0.25, -0.2) is 0 Å². The van der Waals surface area contributed by atoms with E-state index in [1.165, 1.54) is 11.1 Å². The fourth-order valence-corrected chi connectivity index (χ4v) is 5.88. The summed E-state index contributed by atoms with van der Waals surface area (Å²) in [7, 11) is -2.46. The molecule has 3 nitrogen and oxygen atoms in total. The number of hydrogen-bond acceptors (Lipinski definition) is 3. The van der Waals surface area contributed by atoms with Gasteiger partial charge in [0, 0.05) is 0 Å². The van der Waals surface area contributed by atoms with E-state index < -0.39 is 15.4 Å². The van der Waals surface area contributed by atoms with Gasteiger partial charge in [-0.15, -0.1) is 0 Å². The highest BCUT2D eigenvalue weighted by Crippen LogP contribution is 2.42. The Kier molecular flexibility index (Phi) is 5.93. The Morgan fingerprint density at radius 1 is 0.893 bits per heavy atom. The maximum absolute atomic E-state index is 6.87. The Morgan fingerprint density at radius 3 is 2.00 bits per heavy atom. The molecule has 5 heteroatoms. The summed E-state index contributed by atoms with van der Waals surface area (Å²) in [5.74, 6) is 0. The molecule has 1 aliphatic heterocycles. The van der Waals surface area contributed by atoms with E-state index in [1.807, 2.05) is 0 Å². The van der Waals surface area contributed by atoms with Crippen LogP contribution in [-0.4, -0.2) is 26.6 Å². The van der Waals surface area contributed by atoms with E-state index in [9.17, 15) is 0 Å². The molecule has 0 radical (unpaired) electrons. The molecule has 2 aromatic carbocycles. The molecule has 1 saturated heterocycles. The van der Waals surface area contributed by atoms with Crippen molar-refractivity contribution in [3.8, 4) is 0 Å². The van der Waals surface area contributed by atoms with Gasteiger partial charge in [0.25, 0.3) is 0 Å². The second kappa shape index (κ2) is 7.79. The van der Waals surface area contributed by atoms with Crippen LogP contribution in [0.1, 0.15) is 50.4 Å². The smallest absolute Gasteiger partial charge is 0.411 e. The molecule has 2 aromatic rings. The molecular formula is C23H33BO3Si. The van der Waals surface area contributed by atoms with Gasteiger partial charge in [-0.3, -0.25) is 0 Å². The molecule has 1 atom stereocenters. The van der Waals surface area contributed by atoms with Crippen molar-refractivity contribution in [1.82, 2.24) is 0 Å². The molecule has 0 saturated carbocycles. The molecule has 0 spiro atoms. The third kappa shape index (κ3) is 4.60. The van der Waals surface area contributed by atoms with Crippen molar-refractivity contribution < 1.29 is 13.7 Å². The van der Waals surface area contributed by atoms with Crippen LogP contribution in [0.2, 0.25) is 13.1 Å². The zero-order valence-corrected chi connectivity index (χ0v) is 19.3. The molecule has 0 amide bonds. The molecule has 150 valence electrons. The Bertz CT molecular complexity index is 789. The molecule has 1 aliphatic rings. The number of aryl methyl sites for hydroxylation is 1. The van der Waals surface area contributed by atoms with Gasteiger partial charge in [-0.05, 0) is 70.4 Å². The maximum atomic E-state index is 6.87. The zero-order chi connectivity index (χ0) is 20.6. The van der Waals surface area contributed by atoms with Gasteiger partial charge >= 0.3 is 7.12 Å². The Labute approximate surface area is 171 Å². The first-order chi connectivity index (χ1) is 13.0. The van der Waals surface area contributed by atoms with Gasteiger partial charge < -0.3 is 13.7 Å². The van der Waals surface area contributed by atoms with E-state index in [2.05, 4.69) is 102 Å². The van der Waals surface area contributed by atoms with Crippen LogP contribution in [0.5, 0.6) is 0 Å². The first-order valence-electron chi connectivity index (χ1n) is 10.1. The standard InChI is InChI=1S/C23H33BO3Si/c1-18-13-11-12-16-20(18)21(24-26-22(2,3)23(4,5)27-24)25-28(6,7)17-19-14-9-8-10-15-19/h8-16,21H,17H2,1-7H3/t21-/m1/s1. The Morgan fingerprint density at radius 2 is 1.43 bits per heavy atom. The summed E-state index contributed by atoms with van der Waals surface area (Å²) in [5.41, 5.74) is 2.90. The highest BCUT2D eigenvalue weighted by Gasteiger charge is 2.55. The van der Waals surface area contributed by atoms with Crippen LogP contribution in [0, 0.1) is 6.92 Å². The van der Waals surface area contributed by atoms with Crippen molar-refractivity contribution in [1.29, 1.82) is 0 Å². The molecule has 0 bridgehead atoms. The highest BCUT2D eigenvalue weighted by atomic mass is 28.4. The average molecular weight is 396 g/mol.